The van der Waals surface area contributed by atoms with Crippen LogP contribution >= 0.6 is 27.5 Å². The van der Waals surface area contributed by atoms with Gasteiger partial charge >= 0.3 is 5.97 Å². The number of aromatic carboxylic acids is 1. The van der Waals surface area contributed by atoms with E-state index >= 15 is 0 Å². The normalized spacial score (nSPS) is 10.8. The SMILES string of the molecule is O=C(O)c1ccc2nc(Nc3ccc(Cl)c(Br)c3)oc2c1. The van der Waals surface area contributed by atoms with Crippen molar-refractivity contribution in [3.63, 3.8) is 0 Å². The summed E-state index contributed by atoms with van der Waals surface area (Å²) in [7, 11) is 0. The molecule has 1 heterocycles. The smallest absolute Gasteiger partial charge is 0.335 e. The van der Waals surface area contributed by atoms with Crippen LogP contribution in [-0.2, 0) is 0 Å². The summed E-state index contributed by atoms with van der Waals surface area (Å²) in [5, 5.41) is 12.5. The van der Waals surface area contributed by atoms with Crippen molar-refractivity contribution in [1.82, 2.24) is 4.98 Å². The minimum absolute atomic E-state index is 0.152. The van der Waals surface area contributed by atoms with Gasteiger partial charge in [-0.2, -0.15) is 4.98 Å². The summed E-state index contributed by atoms with van der Waals surface area (Å²) >= 11 is 9.26. The Labute approximate surface area is 132 Å². The Morgan fingerprint density at radius 1 is 1.29 bits per heavy atom. The lowest BCUT2D eigenvalue weighted by Gasteiger charge is -2.02. The Morgan fingerprint density at radius 2 is 2.10 bits per heavy atom. The van der Waals surface area contributed by atoms with Crippen LogP contribution in [0.4, 0.5) is 11.7 Å². The number of aromatic nitrogens is 1. The zero-order chi connectivity index (χ0) is 15.0. The summed E-state index contributed by atoms with van der Waals surface area (Å²) in [5.41, 5.74) is 1.89. The van der Waals surface area contributed by atoms with Gasteiger partial charge in [-0.05, 0) is 52.3 Å². The van der Waals surface area contributed by atoms with Crippen LogP contribution in [0, 0.1) is 0 Å². The minimum atomic E-state index is -1.01. The van der Waals surface area contributed by atoms with Crippen LogP contribution in [0.2, 0.25) is 5.02 Å². The van der Waals surface area contributed by atoms with E-state index in [4.69, 9.17) is 21.1 Å². The molecular formula is C14H8BrClN2O3. The molecule has 3 aromatic rings. The Hall–Kier alpha value is -2.05. The van der Waals surface area contributed by atoms with Crippen molar-refractivity contribution in [2.75, 3.05) is 5.32 Å². The molecule has 0 atom stereocenters. The van der Waals surface area contributed by atoms with Crippen LogP contribution in [0.5, 0.6) is 0 Å². The number of benzene rings is 2. The quantitative estimate of drug-likeness (QED) is 0.702. The molecular weight excluding hydrogens is 360 g/mol. The first kappa shape index (κ1) is 13.9. The Balaban J connectivity index is 1.93. The predicted molar refractivity (Wildman–Crippen MR) is 83.4 cm³/mol. The van der Waals surface area contributed by atoms with E-state index in [1.807, 2.05) is 0 Å². The molecule has 0 spiro atoms. The van der Waals surface area contributed by atoms with Crippen LogP contribution in [0.3, 0.4) is 0 Å². The zero-order valence-corrected chi connectivity index (χ0v) is 12.8. The highest BCUT2D eigenvalue weighted by Crippen LogP contribution is 2.28. The predicted octanol–water partition coefficient (Wildman–Crippen LogP) is 4.69. The highest BCUT2D eigenvalue weighted by molar-refractivity contribution is 9.10. The molecule has 0 aliphatic heterocycles. The van der Waals surface area contributed by atoms with E-state index < -0.39 is 5.97 Å². The van der Waals surface area contributed by atoms with E-state index in [1.54, 1.807) is 24.3 Å². The molecule has 0 fully saturated rings. The summed E-state index contributed by atoms with van der Waals surface area (Å²) in [4.78, 5) is 15.2. The Morgan fingerprint density at radius 3 is 2.81 bits per heavy atom. The van der Waals surface area contributed by atoms with Gasteiger partial charge < -0.3 is 14.8 Å². The first-order valence-electron chi connectivity index (χ1n) is 5.89. The van der Waals surface area contributed by atoms with E-state index in [1.165, 1.54) is 12.1 Å². The molecule has 0 bridgehead atoms. The van der Waals surface area contributed by atoms with Gasteiger partial charge in [0.2, 0.25) is 0 Å². The summed E-state index contributed by atoms with van der Waals surface area (Å²) in [5.74, 6) is -1.01. The Kier molecular flexibility index (Phi) is 3.57. The summed E-state index contributed by atoms with van der Waals surface area (Å²) < 4.78 is 6.25. The fourth-order valence-corrected chi connectivity index (χ4v) is 2.30. The molecule has 0 saturated carbocycles. The number of nitrogens with one attached hydrogen (secondary N) is 1. The molecule has 1 aromatic heterocycles. The maximum atomic E-state index is 10.9. The number of hydrogen-bond acceptors (Lipinski definition) is 4. The number of halogens is 2. The number of anilines is 2. The number of oxazole rings is 1. The number of carbonyl (C=O) groups is 1. The first-order chi connectivity index (χ1) is 10.0. The molecule has 21 heavy (non-hydrogen) atoms. The molecule has 0 aliphatic carbocycles. The lowest BCUT2D eigenvalue weighted by Crippen LogP contribution is -1.94. The van der Waals surface area contributed by atoms with Crippen molar-refractivity contribution in [3.8, 4) is 0 Å². The van der Waals surface area contributed by atoms with Crippen molar-refractivity contribution in [1.29, 1.82) is 0 Å². The highest BCUT2D eigenvalue weighted by atomic mass is 79.9. The maximum absolute atomic E-state index is 10.9. The topological polar surface area (TPSA) is 75.4 Å². The van der Waals surface area contributed by atoms with Gasteiger partial charge in [0.1, 0.15) is 5.52 Å². The highest BCUT2D eigenvalue weighted by Gasteiger charge is 2.10. The molecule has 0 saturated heterocycles. The standard InChI is InChI=1S/C14H8BrClN2O3/c15-9-6-8(2-3-10(9)16)17-14-18-11-4-1-7(13(19)20)5-12(11)21-14/h1-6H,(H,17,18)(H,19,20). The molecule has 0 radical (unpaired) electrons. The van der Waals surface area contributed by atoms with Gasteiger partial charge in [0.15, 0.2) is 5.58 Å². The molecule has 2 aromatic carbocycles. The third-order valence-corrected chi connectivity index (χ3v) is 4.02. The third kappa shape index (κ3) is 2.86. The summed E-state index contributed by atoms with van der Waals surface area (Å²) in [6.45, 7) is 0. The number of carboxylic acid groups (broad SMARTS) is 1. The van der Waals surface area contributed by atoms with E-state index in [0.717, 1.165) is 10.2 Å². The lowest BCUT2D eigenvalue weighted by atomic mass is 10.2. The summed E-state index contributed by atoms with van der Waals surface area (Å²) in [6, 6.07) is 10.1. The van der Waals surface area contributed by atoms with Crippen molar-refractivity contribution in [2.24, 2.45) is 0 Å². The molecule has 0 amide bonds. The molecule has 0 aliphatic rings. The van der Waals surface area contributed by atoms with Gasteiger partial charge in [-0.25, -0.2) is 4.79 Å². The number of fused-ring (bicyclic) bond motifs is 1. The van der Waals surface area contributed by atoms with Crippen LogP contribution in [0.15, 0.2) is 45.3 Å². The van der Waals surface area contributed by atoms with Gasteiger partial charge in [-0.15, -0.1) is 0 Å². The van der Waals surface area contributed by atoms with E-state index in [2.05, 4.69) is 26.2 Å². The maximum Gasteiger partial charge on any atom is 0.335 e. The summed E-state index contributed by atoms with van der Waals surface area (Å²) in [6.07, 6.45) is 0. The second kappa shape index (κ2) is 5.38. The van der Waals surface area contributed by atoms with Crippen molar-refractivity contribution >= 4 is 56.3 Å². The largest absolute Gasteiger partial charge is 0.478 e. The van der Waals surface area contributed by atoms with Gasteiger partial charge in [0, 0.05) is 10.2 Å². The second-order valence-electron chi connectivity index (χ2n) is 4.26. The van der Waals surface area contributed by atoms with E-state index in [-0.39, 0.29) is 11.6 Å². The molecule has 5 nitrogen and oxygen atoms in total. The van der Waals surface area contributed by atoms with E-state index in [0.29, 0.717) is 16.1 Å². The fraction of sp³-hybridized carbons (Fsp3) is 0. The molecule has 106 valence electrons. The van der Waals surface area contributed by atoms with Gasteiger partial charge in [-0.3, -0.25) is 0 Å². The first-order valence-corrected chi connectivity index (χ1v) is 7.06. The molecule has 2 N–H and O–H groups in total. The monoisotopic (exact) mass is 366 g/mol. The molecule has 0 unspecified atom stereocenters. The van der Waals surface area contributed by atoms with Crippen molar-refractivity contribution in [2.45, 2.75) is 0 Å². The number of carboxylic acids is 1. The minimum Gasteiger partial charge on any atom is -0.478 e. The third-order valence-electron chi connectivity index (χ3n) is 2.81. The van der Waals surface area contributed by atoms with Crippen molar-refractivity contribution < 1.29 is 14.3 Å². The second-order valence-corrected chi connectivity index (χ2v) is 5.52. The van der Waals surface area contributed by atoms with Gasteiger partial charge in [-0.1, -0.05) is 11.6 Å². The fourth-order valence-electron chi connectivity index (χ4n) is 1.81. The number of hydrogen-bond donors (Lipinski definition) is 2. The van der Waals surface area contributed by atoms with Crippen LogP contribution in [0.1, 0.15) is 10.4 Å². The number of nitrogens with zero attached hydrogens (tertiary/aromatic N) is 1. The van der Waals surface area contributed by atoms with Gasteiger partial charge in [0.05, 0.1) is 10.6 Å². The zero-order valence-electron chi connectivity index (χ0n) is 10.4. The van der Waals surface area contributed by atoms with Crippen LogP contribution in [-0.4, -0.2) is 16.1 Å². The average molecular weight is 368 g/mol. The Bertz CT molecular complexity index is 847. The van der Waals surface area contributed by atoms with Crippen molar-refractivity contribution in [3.05, 3.63) is 51.5 Å². The van der Waals surface area contributed by atoms with Gasteiger partial charge in [0.25, 0.3) is 6.01 Å². The number of rotatable bonds is 3. The molecule has 3 rings (SSSR count). The molecule has 7 heteroatoms. The van der Waals surface area contributed by atoms with Crippen LogP contribution in [0.25, 0.3) is 11.1 Å². The average Bonchev–Trinajstić information content (AvgIpc) is 2.84. The van der Waals surface area contributed by atoms with E-state index in [9.17, 15) is 4.79 Å². The van der Waals surface area contributed by atoms with Crippen LogP contribution < -0.4 is 5.32 Å². The lowest BCUT2D eigenvalue weighted by molar-refractivity contribution is 0.0697.